The Balaban J connectivity index is 4.02. The third-order valence-corrected chi connectivity index (χ3v) is 0.821. The molecule has 0 aliphatic rings. The van der Waals surface area contributed by atoms with E-state index in [1.54, 1.807) is 0 Å². The molecule has 0 aliphatic heterocycles. The van der Waals surface area contributed by atoms with Crippen LogP contribution in [0.25, 0.3) is 0 Å². The summed E-state index contributed by atoms with van der Waals surface area (Å²) in [7, 11) is 0. The van der Waals surface area contributed by atoms with Crippen LogP contribution in [0.15, 0.2) is 0 Å². The lowest BCUT2D eigenvalue weighted by atomic mass is 10.1. The minimum atomic E-state index is -3.01. The monoisotopic (exact) mass is 122 g/mol. The molecule has 0 fully saturated rings. The zero-order chi connectivity index (χ0) is 7.00. The molecule has 0 saturated carbocycles. The van der Waals surface area contributed by atoms with Crippen molar-refractivity contribution in [3.8, 4) is 0 Å². The molecule has 50 valence electrons. The number of hydrogen-bond donors (Lipinski definition) is 4. The van der Waals surface area contributed by atoms with Crippen LogP contribution >= 0.6 is 0 Å². The van der Waals surface area contributed by atoms with Crippen molar-refractivity contribution in [3.05, 3.63) is 0 Å². The highest BCUT2D eigenvalue weighted by atomic mass is 16.7. The first-order valence-corrected chi connectivity index (χ1v) is 2.14. The maximum Gasteiger partial charge on any atom is 0.305 e. The summed E-state index contributed by atoms with van der Waals surface area (Å²) in [5, 5.41) is 33.2. The van der Waals surface area contributed by atoms with Gasteiger partial charge in [0.25, 0.3) is 0 Å². The van der Waals surface area contributed by atoms with Gasteiger partial charge in [0.15, 0.2) is 0 Å². The topological polar surface area (TPSA) is 80.9 Å². The highest BCUT2D eigenvalue weighted by Crippen LogP contribution is 2.13. The van der Waals surface area contributed by atoms with E-state index in [4.69, 9.17) is 20.4 Å². The van der Waals surface area contributed by atoms with Crippen LogP contribution in [0, 0.1) is 0 Å². The van der Waals surface area contributed by atoms with Crippen LogP contribution < -0.4 is 0 Å². The van der Waals surface area contributed by atoms with Gasteiger partial charge in [0.2, 0.25) is 0 Å². The molecule has 0 saturated heterocycles. The van der Waals surface area contributed by atoms with E-state index in [9.17, 15) is 0 Å². The van der Waals surface area contributed by atoms with Crippen molar-refractivity contribution >= 4 is 0 Å². The predicted octanol–water partition coefficient (Wildman–Crippen LogP) is -1.61. The summed E-state index contributed by atoms with van der Waals surface area (Å²) in [6, 6.07) is 0. The molecule has 0 radical (unpaired) electrons. The van der Waals surface area contributed by atoms with Crippen molar-refractivity contribution in [2.75, 3.05) is 0 Å². The van der Waals surface area contributed by atoms with Crippen LogP contribution in [0.5, 0.6) is 0 Å². The number of hydrogen-bond acceptors (Lipinski definition) is 4. The fraction of sp³-hybridized carbons (Fsp3) is 1.00. The Morgan fingerprint density at radius 3 is 1.00 bits per heavy atom. The summed E-state index contributed by atoms with van der Waals surface area (Å²) < 4.78 is 0. The van der Waals surface area contributed by atoms with Crippen molar-refractivity contribution in [1.82, 2.24) is 0 Å². The van der Waals surface area contributed by atoms with Crippen LogP contribution in [0.1, 0.15) is 13.8 Å². The normalized spacial score (nSPS) is 14.2. The average molecular weight is 122 g/mol. The molecule has 0 amide bonds. The van der Waals surface area contributed by atoms with Gasteiger partial charge in [-0.1, -0.05) is 0 Å². The first kappa shape index (κ1) is 7.84. The van der Waals surface area contributed by atoms with Gasteiger partial charge < -0.3 is 20.4 Å². The summed E-state index contributed by atoms with van der Waals surface area (Å²) in [4.78, 5) is 0. The van der Waals surface area contributed by atoms with Gasteiger partial charge in [-0.05, 0) is 13.8 Å². The minimum absolute atomic E-state index is 1.08. The van der Waals surface area contributed by atoms with Gasteiger partial charge in [0.05, 0.1) is 0 Å². The van der Waals surface area contributed by atoms with E-state index in [0.717, 1.165) is 13.8 Å². The SMILES string of the molecule is CC(C)(O)C(O)(O)O. The predicted molar refractivity (Wildman–Crippen MR) is 25.7 cm³/mol. The maximum atomic E-state index is 8.60. The molecule has 4 N–H and O–H groups in total. The molecule has 0 spiro atoms. The Bertz CT molecular complexity index is 63.0. The summed E-state index contributed by atoms with van der Waals surface area (Å²) in [5.74, 6) is -3.01. The molecule has 0 heterocycles. The van der Waals surface area contributed by atoms with E-state index in [-0.39, 0.29) is 0 Å². The van der Waals surface area contributed by atoms with E-state index in [2.05, 4.69) is 0 Å². The van der Waals surface area contributed by atoms with Crippen molar-refractivity contribution in [3.63, 3.8) is 0 Å². The molecule has 0 aromatic heterocycles. The molecular formula is C4H10O4. The van der Waals surface area contributed by atoms with Gasteiger partial charge in [-0.25, -0.2) is 0 Å². The molecule has 0 atom stereocenters. The molecule has 8 heavy (non-hydrogen) atoms. The fourth-order valence-corrected chi connectivity index (χ4v) is 0. The Labute approximate surface area is 47.0 Å². The van der Waals surface area contributed by atoms with E-state index >= 15 is 0 Å². The maximum absolute atomic E-state index is 8.60. The van der Waals surface area contributed by atoms with Gasteiger partial charge in [-0.3, -0.25) is 0 Å². The Kier molecular flexibility index (Phi) is 1.63. The molecule has 0 rings (SSSR count). The zero-order valence-corrected chi connectivity index (χ0v) is 4.79. The first-order chi connectivity index (χ1) is 3.25. The lowest BCUT2D eigenvalue weighted by Crippen LogP contribution is -2.49. The molecule has 0 bridgehead atoms. The van der Waals surface area contributed by atoms with E-state index < -0.39 is 11.6 Å². The lowest BCUT2D eigenvalue weighted by Gasteiger charge is -2.27. The minimum Gasteiger partial charge on any atom is -0.382 e. The molecule has 0 aliphatic carbocycles. The second-order valence-corrected chi connectivity index (χ2v) is 2.19. The summed E-state index contributed by atoms with van der Waals surface area (Å²) in [5.41, 5.74) is -1.90. The third-order valence-electron chi connectivity index (χ3n) is 0.821. The molecular weight excluding hydrogens is 112 g/mol. The van der Waals surface area contributed by atoms with Crippen molar-refractivity contribution < 1.29 is 20.4 Å². The van der Waals surface area contributed by atoms with Crippen molar-refractivity contribution in [1.29, 1.82) is 0 Å². The van der Waals surface area contributed by atoms with Gasteiger partial charge in [0.1, 0.15) is 5.60 Å². The highest BCUT2D eigenvalue weighted by molar-refractivity contribution is 4.72. The van der Waals surface area contributed by atoms with Gasteiger partial charge >= 0.3 is 5.97 Å². The van der Waals surface area contributed by atoms with Crippen molar-refractivity contribution in [2.45, 2.75) is 25.4 Å². The van der Waals surface area contributed by atoms with E-state index in [0.29, 0.717) is 0 Å². The Morgan fingerprint density at radius 2 is 1.00 bits per heavy atom. The second-order valence-electron chi connectivity index (χ2n) is 2.19. The standard InChI is InChI=1S/C4H10O4/c1-3(2,5)4(6,7)8/h5-8H,1-2H3. The molecule has 0 aromatic rings. The highest BCUT2D eigenvalue weighted by Gasteiger charge is 2.38. The average Bonchev–Trinajstić information content (AvgIpc) is 1.25. The molecule has 0 unspecified atom stereocenters. The van der Waals surface area contributed by atoms with E-state index in [1.165, 1.54) is 0 Å². The largest absolute Gasteiger partial charge is 0.382 e. The van der Waals surface area contributed by atoms with Gasteiger partial charge in [-0.15, -0.1) is 0 Å². The van der Waals surface area contributed by atoms with Crippen molar-refractivity contribution in [2.24, 2.45) is 0 Å². The van der Waals surface area contributed by atoms with Crippen LogP contribution in [-0.2, 0) is 0 Å². The number of aliphatic hydroxyl groups is 4. The first-order valence-electron chi connectivity index (χ1n) is 2.14. The van der Waals surface area contributed by atoms with E-state index in [1.807, 2.05) is 0 Å². The summed E-state index contributed by atoms with van der Waals surface area (Å²) >= 11 is 0. The van der Waals surface area contributed by atoms with Crippen LogP contribution in [-0.4, -0.2) is 32.0 Å². The third kappa shape index (κ3) is 1.75. The molecule has 4 nitrogen and oxygen atoms in total. The Hall–Kier alpha value is -0.160. The van der Waals surface area contributed by atoms with Crippen LogP contribution in [0.2, 0.25) is 0 Å². The Morgan fingerprint density at radius 1 is 0.875 bits per heavy atom. The molecule has 0 aromatic carbocycles. The summed E-state index contributed by atoms with van der Waals surface area (Å²) in [6.07, 6.45) is 0. The van der Waals surface area contributed by atoms with Gasteiger partial charge in [0, 0.05) is 0 Å². The quantitative estimate of drug-likeness (QED) is 0.315. The molecule has 4 heteroatoms. The summed E-state index contributed by atoms with van der Waals surface area (Å²) in [6.45, 7) is 2.15. The zero-order valence-electron chi connectivity index (χ0n) is 4.79. The number of rotatable bonds is 1. The van der Waals surface area contributed by atoms with Gasteiger partial charge in [-0.2, -0.15) is 0 Å². The van der Waals surface area contributed by atoms with Crippen LogP contribution in [0.3, 0.4) is 0 Å². The van der Waals surface area contributed by atoms with Crippen LogP contribution in [0.4, 0.5) is 0 Å². The fourth-order valence-electron chi connectivity index (χ4n) is 0. The smallest absolute Gasteiger partial charge is 0.305 e. The lowest BCUT2D eigenvalue weighted by molar-refractivity contribution is -0.382. The second kappa shape index (κ2) is 1.66.